The van der Waals surface area contributed by atoms with E-state index in [0.717, 1.165) is 33.3 Å². The molecule has 4 rings (SSSR count). The van der Waals surface area contributed by atoms with Crippen LogP contribution in [0.4, 0.5) is 11.5 Å². The fourth-order valence-corrected chi connectivity index (χ4v) is 3.05. The highest BCUT2D eigenvalue weighted by molar-refractivity contribution is 6.01. The van der Waals surface area contributed by atoms with Crippen molar-refractivity contribution in [2.75, 3.05) is 11.1 Å². The summed E-state index contributed by atoms with van der Waals surface area (Å²) in [4.78, 5) is 12.2. The van der Waals surface area contributed by atoms with Crippen molar-refractivity contribution >= 4 is 28.3 Å². The molecule has 3 aromatic carbocycles. The molecule has 0 fully saturated rings. The zero-order chi connectivity index (χ0) is 17.9. The minimum absolute atomic E-state index is 0.0369. The standard InChI is InChI=1S/C21H18N4O/c22-21-20-17(7-4-8-18(20)24-25-21)15-11-9-14(10-12-15)13-19(26)23-16-5-2-1-3-6-16/h1-12H,13H2,(H,23,26)(H3,22,24,25). The topological polar surface area (TPSA) is 83.8 Å². The van der Waals surface area contributed by atoms with Gasteiger partial charge in [0.05, 0.1) is 17.3 Å². The summed E-state index contributed by atoms with van der Waals surface area (Å²) in [5.74, 6) is 0.451. The van der Waals surface area contributed by atoms with Gasteiger partial charge in [-0.1, -0.05) is 54.6 Å². The van der Waals surface area contributed by atoms with Gasteiger partial charge < -0.3 is 11.1 Å². The van der Waals surface area contributed by atoms with E-state index in [9.17, 15) is 4.79 Å². The molecule has 0 aliphatic carbocycles. The van der Waals surface area contributed by atoms with Crippen LogP contribution in [0.25, 0.3) is 22.0 Å². The lowest BCUT2D eigenvalue weighted by atomic mass is 9.99. The Hall–Kier alpha value is -3.60. The fraction of sp³-hybridized carbons (Fsp3) is 0.0476. The molecule has 0 bridgehead atoms. The maximum absolute atomic E-state index is 12.2. The van der Waals surface area contributed by atoms with Crippen LogP contribution in [0.2, 0.25) is 0 Å². The number of aromatic amines is 1. The van der Waals surface area contributed by atoms with Crippen molar-refractivity contribution in [3.05, 3.63) is 78.4 Å². The molecule has 1 aromatic heterocycles. The summed E-state index contributed by atoms with van der Waals surface area (Å²) >= 11 is 0. The summed E-state index contributed by atoms with van der Waals surface area (Å²) in [5.41, 5.74) is 10.7. The lowest BCUT2D eigenvalue weighted by Gasteiger charge is -2.07. The zero-order valence-corrected chi connectivity index (χ0v) is 14.1. The van der Waals surface area contributed by atoms with Gasteiger partial charge in [-0.15, -0.1) is 0 Å². The van der Waals surface area contributed by atoms with Crippen LogP contribution >= 0.6 is 0 Å². The molecule has 1 amide bonds. The van der Waals surface area contributed by atoms with Crippen LogP contribution < -0.4 is 11.1 Å². The smallest absolute Gasteiger partial charge is 0.228 e. The monoisotopic (exact) mass is 342 g/mol. The summed E-state index contributed by atoms with van der Waals surface area (Å²) in [6.45, 7) is 0. The van der Waals surface area contributed by atoms with E-state index in [0.29, 0.717) is 12.2 Å². The third-order valence-electron chi connectivity index (χ3n) is 4.30. The highest BCUT2D eigenvalue weighted by atomic mass is 16.1. The normalized spacial score (nSPS) is 10.8. The Kier molecular flexibility index (Phi) is 4.11. The predicted octanol–water partition coefficient (Wildman–Crippen LogP) is 3.99. The number of amides is 1. The van der Waals surface area contributed by atoms with Crippen LogP contribution in [0.3, 0.4) is 0 Å². The van der Waals surface area contributed by atoms with E-state index in [4.69, 9.17) is 5.73 Å². The number of nitrogens with two attached hydrogens (primary N) is 1. The van der Waals surface area contributed by atoms with Crippen molar-refractivity contribution in [1.29, 1.82) is 0 Å². The molecule has 0 unspecified atom stereocenters. The number of nitrogens with one attached hydrogen (secondary N) is 2. The van der Waals surface area contributed by atoms with Crippen molar-refractivity contribution in [2.45, 2.75) is 6.42 Å². The highest BCUT2D eigenvalue weighted by Gasteiger charge is 2.10. The van der Waals surface area contributed by atoms with Crippen molar-refractivity contribution in [3.63, 3.8) is 0 Å². The SMILES string of the molecule is Nc1n[nH]c2cccc(-c3ccc(CC(=O)Nc4ccccc4)cc3)c12. The average Bonchev–Trinajstić information content (AvgIpc) is 3.04. The molecule has 0 saturated heterocycles. The summed E-state index contributed by atoms with van der Waals surface area (Å²) < 4.78 is 0. The molecule has 0 aliphatic rings. The molecule has 4 N–H and O–H groups in total. The predicted molar refractivity (Wildman–Crippen MR) is 105 cm³/mol. The number of H-pyrrole nitrogens is 1. The summed E-state index contributed by atoms with van der Waals surface area (Å²) in [6.07, 6.45) is 0.327. The van der Waals surface area contributed by atoms with Crippen molar-refractivity contribution < 1.29 is 4.79 Å². The Morgan fingerprint density at radius 2 is 1.73 bits per heavy atom. The van der Waals surface area contributed by atoms with Crippen LogP contribution in [0, 0.1) is 0 Å². The molecule has 5 heteroatoms. The largest absolute Gasteiger partial charge is 0.382 e. The first-order valence-corrected chi connectivity index (χ1v) is 8.37. The van der Waals surface area contributed by atoms with Crippen molar-refractivity contribution in [3.8, 4) is 11.1 Å². The summed E-state index contributed by atoms with van der Waals surface area (Å²) in [6, 6.07) is 23.3. The molecular formula is C21H18N4O. The van der Waals surface area contributed by atoms with E-state index in [1.54, 1.807) is 0 Å². The first kappa shape index (κ1) is 15.9. The Morgan fingerprint density at radius 3 is 2.50 bits per heavy atom. The Morgan fingerprint density at radius 1 is 0.962 bits per heavy atom. The van der Waals surface area contributed by atoms with E-state index in [2.05, 4.69) is 15.5 Å². The second-order valence-corrected chi connectivity index (χ2v) is 6.12. The van der Waals surface area contributed by atoms with Gasteiger partial charge in [0.25, 0.3) is 0 Å². The van der Waals surface area contributed by atoms with Crippen molar-refractivity contribution in [2.24, 2.45) is 0 Å². The van der Waals surface area contributed by atoms with Gasteiger partial charge in [-0.2, -0.15) is 5.10 Å². The number of nitrogens with zero attached hydrogens (tertiary/aromatic N) is 1. The van der Waals surface area contributed by atoms with E-state index >= 15 is 0 Å². The number of para-hydroxylation sites is 1. The molecule has 0 atom stereocenters. The fourth-order valence-electron chi connectivity index (χ4n) is 3.05. The molecule has 0 radical (unpaired) electrons. The van der Waals surface area contributed by atoms with Gasteiger partial charge in [-0.05, 0) is 34.9 Å². The lowest BCUT2D eigenvalue weighted by Crippen LogP contribution is -2.14. The molecule has 4 aromatic rings. The number of benzene rings is 3. The first-order valence-electron chi connectivity index (χ1n) is 8.37. The average molecular weight is 342 g/mol. The van der Waals surface area contributed by atoms with Crippen LogP contribution in [-0.2, 0) is 11.2 Å². The molecule has 1 heterocycles. The number of nitrogen functional groups attached to an aromatic ring is 1. The third kappa shape index (κ3) is 3.15. The number of carbonyl (C=O) groups excluding carboxylic acids is 1. The molecular weight excluding hydrogens is 324 g/mol. The van der Waals surface area contributed by atoms with Gasteiger partial charge in [0.1, 0.15) is 0 Å². The van der Waals surface area contributed by atoms with Gasteiger partial charge in [-0.3, -0.25) is 9.89 Å². The van der Waals surface area contributed by atoms with Gasteiger partial charge in [0.15, 0.2) is 5.82 Å². The number of hydrogen-bond acceptors (Lipinski definition) is 3. The number of aromatic nitrogens is 2. The van der Waals surface area contributed by atoms with Gasteiger partial charge >= 0.3 is 0 Å². The third-order valence-corrected chi connectivity index (χ3v) is 4.30. The van der Waals surface area contributed by atoms with Crippen molar-refractivity contribution in [1.82, 2.24) is 10.2 Å². The molecule has 0 saturated carbocycles. The summed E-state index contributed by atoms with van der Waals surface area (Å²) in [7, 11) is 0. The number of fused-ring (bicyclic) bond motifs is 1. The number of anilines is 2. The second kappa shape index (κ2) is 6.72. The number of hydrogen-bond donors (Lipinski definition) is 3. The molecule has 0 spiro atoms. The molecule has 26 heavy (non-hydrogen) atoms. The zero-order valence-electron chi connectivity index (χ0n) is 14.1. The van der Waals surface area contributed by atoms with Crippen LogP contribution in [0.1, 0.15) is 5.56 Å². The van der Waals surface area contributed by atoms with Gasteiger partial charge in [0.2, 0.25) is 5.91 Å². The quantitative estimate of drug-likeness (QED) is 0.524. The molecule has 128 valence electrons. The van der Waals surface area contributed by atoms with Gasteiger partial charge in [-0.25, -0.2) is 0 Å². The lowest BCUT2D eigenvalue weighted by molar-refractivity contribution is -0.115. The van der Waals surface area contributed by atoms with E-state index in [1.165, 1.54) is 0 Å². The van der Waals surface area contributed by atoms with Crippen LogP contribution in [-0.4, -0.2) is 16.1 Å². The Bertz CT molecular complexity index is 1050. The Balaban J connectivity index is 1.53. The van der Waals surface area contributed by atoms with E-state index in [-0.39, 0.29) is 5.91 Å². The molecule has 0 aliphatic heterocycles. The minimum Gasteiger partial charge on any atom is -0.382 e. The first-order chi connectivity index (χ1) is 12.7. The maximum atomic E-state index is 12.2. The minimum atomic E-state index is -0.0369. The number of rotatable bonds is 4. The summed E-state index contributed by atoms with van der Waals surface area (Å²) in [5, 5.41) is 10.8. The van der Waals surface area contributed by atoms with Gasteiger partial charge in [0, 0.05) is 5.69 Å². The maximum Gasteiger partial charge on any atom is 0.228 e. The number of carbonyl (C=O) groups is 1. The van der Waals surface area contributed by atoms with E-state index < -0.39 is 0 Å². The van der Waals surface area contributed by atoms with Crippen LogP contribution in [0.15, 0.2) is 72.8 Å². The van der Waals surface area contributed by atoms with Crippen LogP contribution in [0.5, 0.6) is 0 Å². The highest BCUT2D eigenvalue weighted by Crippen LogP contribution is 2.31. The Labute approximate surface area is 150 Å². The second-order valence-electron chi connectivity index (χ2n) is 6.12. The molecule has 5 nitrogen and oxygen atoms in total. The van der Waals surface area contributed by atoms with E-state index in [1.807, 2.05) is 72.8 Å².